The molecule has 4 heteroatoms. The Kier molecular flexibility index (Phi) is 2.75. The molecule has 0 spiro atoms. The Bertz CT molecular complexity index is 561. The average Bonchev–Trinajstić information content (AvgIpc) is 2.58. The van der Waals surface area contributed by atoms with Crippen LogP contribution in [0.4, 0.5) is 0 Å². The minimum Gasteiger partial charge on any atom is -0.298 e. The number of likely N-dealkylation sites (N-methyl/N-ethyl adjacent to an activating group) is 1. The molecule has 0 atom stereocenters. The number of amides is 1. The molecule has 0 N–H and O–H groups in total. The number of benzene rings is 1. The molecule has 84 valence electrons. The van der Waals surface area contributed by atoms with Crippen LogP contribution in [-0.2, 0) is 4.79 Å². The van der Waals surface area contributed by atoms with E-state index in [0.29, 0.717) is 17.1 Å². The number of carbonyl (C=O) groups is 1. The van der Waals surface area contributed by atoms with Crippen LogP contribution >= 0.6 is 0 Å². The van der Waals surface area contributed by atoms with Gasteiger partial charge in [-0.25, -0.2) is 4.99 Å². The molecule has 0 bridgehead atoms. The van der Waals surface area contributed by atoms with E-state index in [9.17, 15) is 4.79 Å². The lowest BCUT2D eigenvalue weighted by Crippen LogP contribution is -2.25. The van der Waals surface area contributed by atoms with Crippen LogP contribution < -0.4 is 0 Å². The first-order chi connectivity index (χ1) is 8.11. The number of rotatable bonds is 1. The Balaban J connectivity index is 2.32. The fourth-order valence-corrected chi connectivity index (χ4v) is 1.52. The fraction of sp³-hybridized carbons (Fsp3) is 0.154. The van der Waals surface area contributed by atoms with Gasteiger partial charge in [-0.05, 0) is 30.7 Å². The third-order valence-corrected chi connectivity index (χ3v) is 2.63. The number of carbonyl (C=O) groups excluding carboxylic acids is 1. The molecular weight excluding hydrogens is 214 g/mol. The Morgan fingerprint density at radius 2 is 2.00 bits per heavy atom. The molecule has 1 aliphatic heterocycles. The van der Waals surface area contributed by atoms with Crippen molar-refractivity contribution in [1.29, 1.82) is 5.26 Å². The van der Waals surface area contributed by atoms with Gasteiger partial charge in [-0.3, -0.25) is 9.69 Å². The normalized spacial score (nSPS) is 17.2. The Morgan fingerprint density at radius 3 is 2.47 bits per heavy atom. The number of nitriles is 1. The summed E-state index contributed by atoms with van der Waals surface area (Å²) in [6.07, 6.45) is 1.72. The van der Waals surface area contributed by atoms with Crippen LogP contribution in [0.3, 0.4) is 0 Å². The van der Waals surface area contributed by atoms with Crippen LogP contribution in [0, 0.1) is 11.3 Å². The lowest BCUT2D eigenvalue weighted by atomic mass is 10.1. The maximum atomic E-state index is 11.7. The molecule has 1 aromatic carbocycles. The van der Waals surface area contributed by atoms with Gasteiger partial charge < -0.3 is 0 Å². The molecule has 0 saturated carbocycles. The van der Waals surface area contributed by atoms with Gasteiger partial charge >= 0.3 is 0 Å². The van der Waals surface area contributed by atoms with E-state index in [1.165, 1.54) is 4.90 Å². The standard InChI is InChI=1S/C13H11N3O/c1-9-15-12(13(17)16(9)2)7-10-3-5-11(8-14)6-4-10/h3-7H,1-2H3/b12-7+. The highest BCUT2D eigenvalue weighted by Crippen LogP contribution is 2.16. The van der Waals surface area contributed by atoms with Gasteiger partial charge in [-0.2, -0.15) is 5.26 Å². The molecule has 0 radical (unpaired) electrons. The highest BCUT2D eigenvalue weighted by Gasteiger charge is 2.23. The maximum absolute atomic E-state index is 11.7. The minimum atomic E-state index is -0.105. The van der Waals surface area contributed by atoms with Gasteiger partial charge in [-0.1, -0.05) is 12.1 Å². The molecule has 1 aliphatic rings. The van der Waals surface area contributed by atoms with Crippen LogP contribution in [0.25, 0.3) is 6.08 Å². The Labute approximate surface area is 99.5 Å². The molecule has 1 aromatic rings. The van der Waals surface area contributed by atoms with Crippen molar-refractivity contribution in [1.82, 2.24) is 4.90 Å². The van der Waals surface area contributed by atoms with E-state index in [4.69, 9.17) is 5.26 Å². The number of hydrogen-bond acceptors (Lipinski definition) is 3. The summed E-state index contributed by atoms with van der Waals surface area (Å²) >= 11 is 0. The number of aliphatic imine (C=N–C) groups is 1. The van der Waals surface area contributed by atoms with Gasteiger partial charge in [0.2, 0.25) is 0 Å². The van der Waals surface area contributed by atoms with Crippen molar-refractivity contribution < 1.29 is 4.79 Å². The zero-order chi connectivity index (χ0) is 12.4. The summed E-state index contributed by atoms with van der Waals surface area (Å²) < 4.78 is 0. The molecule has 2 rings (SSSR count). The second-order valence-electron chi connectivity index (χ2n) is 3.79. The van der Waals surface area contributed by atoms with Crippen LogP contribution in [0.1, 0.15) is 18.1 Å². The van der Waals surface area contributed by atoms with E-state index >= 15 is 0 Å². The highest BCUT2D eigenvalue weighted by molar-refractivity contribution is 6.13. The van der Waals surface area contributed by atoms with Crippen LogP contribution in [-0.4, -0.2) is 23.7 Å². The topological polar surface area (TPSA) is 56.5 Å². The molecule has 1 amide bonds. The van der Waals surface area contributed by atoms with Crippen LogP contribution in [0.2, 0.25) is 0 Å². The van der Waals surface area contributed by atoms with E-state index in [1.807, 2.05) is 6.07 Å². The van der Waals surface area contributed by atoms with Gasteiger partial charge in [0.1, 0.15) is 11.5 Å². The third-order valence-electron chi connectivity index (χ3n) is 2.63. The Hall–Kier alpha value is -2.41. The summed E-state index contributed by atoms with van der Waals surface area (Å²) in [7, 11) is 1.70. The van der Waals surface area contributed by atoms with Gasteiger partial charge in [0.05, 0.1) is 11.6 Å². The summed E-state index contributed by atoms with van der Waals surface area (Å²) in [5.41, 5.74) is 1.88. The van der Waals surface area contributed by atoms with E-state index < -0.39 is 0 Å². The van der Waals surface area contributed by atoms with Crippen molar-refractivity contribution in [3.63, 3.8) is 0 Å². The van der Waals surface area contributed by atoms with Crippen molar-refractivity contribution in [2.45, 2.75) is 6.92 Å². The number of amidine groups is 1. The second-order valence-corrected chi connectivity index (χ2v) is 3.79. The lowest BCUT2D eigenvalue weighted by Gasteiger charge is -2.05. The highest BCUT2D eigenvalue weighted by atomic mass is 16.2. The van der Waals surface area contributed by atoms with E-state index in [1.54, 1.807) is 44.3 Å². The molecule has 0 aliphatic carbocycles. The van der Waals surface area contributed by atoms with Crippen LogP contribution in [0.5, 0.6) is 0 Å². The molecule has 17 heavy (non-hydrogen) atoms. The first kappa shape index (κ1) is 11.1. The monoisotopic (exact) mass is 225 g/mol. The SMILES string of the molecule is CC1=N/C(=C/c2ccc(C#N)cc2)C(=O)N1C. The Morgan fingerprint density at radius 1 is 1.35 bits per heavy atom. The van der Waals surface area contributed by atoms with Crippen LogP contribution in [0.15, 0.2) is 35.0 Å². The summed E-state index contributed by atoms with van der Waals surface area (Å²) in [6, 6.07) is 9.06. The van der Waals surface area contributed by atoms with Crippen molar-refractivity contribution in [2.75, 3.05) is 7.05 Å². The second kappa shape index (κ2) is 4.22. The van der Waals surface area contributed by atoms with E-state index in [-0.39, 0.29) is 5.91 Å². The lowest BCUT2D eigenvalue weighted by molar-refractivity contribution is -0.121. The van der Waals surface area contributed by atoms with Crippen molar-refractivity contribution in [3.8, 4) is 6.07 Å². The maximum Gasteiger partial charge on any atom is 0.277 e. The minimum absolute atomic E-state index is 0.105. The summed E-state index contributed by atoms with van der Waals surface area (Å²) in [5.74, 6) is 0.585. The van der Waals surface area contributed by atoms with Crippen molar-refractivity contribution in [3.05, 3.63) is 41.1 Å². The largest absolute Gasteiger partial charge is 0.298 e. The summed E-state index contributed by atoms with van der Waals surface area (Å²) in [5, 5.41) is 8.68. The molecule has 0 fully saturated rings. The first-order valence-corrected chi connectivity index (χ1v) is 5.17. The molecule has 0 saturated heterocycles. The quantitative estimate of drug-likeness (QED) is 0.684. The summed E-state index contributed by atoms with van der Waals surface area (Å²) in [4.78, 5) is 17.4. The smallest absolute Gasteiger partial charge is 0.277 e. The zero-order valence-electron chi connectivity index (χ0n) is 9.64. The van der Waals surface area contributed by atoms with Gasteiger partial charge in [0.25, 0.3) is 5.91 Å². The molecule has 4 nitrogen and oxygen atoms in total. The first-order valence-electron chi connectivity index (χ1n) is 5.17. The van der Waals surface area contributed by atoms with Gasteiger partial charge in [0, 0.05) is 7.05 Å². The predicted octanol–water partition coefficient (Wildman–Crippen LogP) is 1.79. The average molecular weight is 225 g/mol. The molecule has 0 unspecified atom stereocenters. The number of hydrogen-bond donors (Lipinski definition) is 0. The third kappa shape index (κ3) is 2.08. The van der Waals surface area contributed by atoms with Gasteiger partial charge in [0.15, 0.2) is 0 Å². The zero-order valence-corrected chi connectivity index (χ0v) is 9.64. The molecular formula is C13H11N3O. The molecule has 0 aromatic heterocycles. The van der Waals surface area contributed by atoms with Crippen molar-refractivity contribution in [2.24, 2.45) is 4.99 Å². The number of nitrogens with zero attached hydrogens (tertiary/aromatic N) is 3. The van der Waals surface area contributed by atoms with Gasteiger partial charge in [-0.15, -0.1) is 0 Å². The van der Waals surface area contributed by atoms with Crippen molar-refractivity contribution >= 4 is 17.8 Å². The van der Waals surface area contributed by atoms with E-state index in [0.717, 1.165) is 5.56 Å². The molecule has 1 heterocycles. The predicted molar refractivity (Wildman–Crippen MR) is 65.0 cm³/mol. The summed E-state index contributed by atoms with van der Waals surface area (Å²) in [6.45, 7) is 1.79. The van der Waals surface area contributed by atoms with E-state index in [2.05, 4.69) is 4.99 Å². The fourth-order valence-electron chi connectivity index (χ4n) is 1.52.